The minimum absolute atomic E-state index is 0.190. The standard InChI is InChI=1S/C23H32N2O2/c26-23-25(21-7-3-4-8-22(21)27-23)20-11-13-24(14-12-20)16-17-9-10-18-5-1-2-6-19(18)15-17/h3-4,7-8,17-20H,1-2,5-6,9-16H2. The van der Waals surface area contributed by atoms with Crippen LogP contribution in [0.5, 0.6) is 0 Å². The number of nitrogens with zero attached hydrogens (tertiary/aromatic N) is 2. The lowest BCUT2D eigenvalue weighted by atomic mass is 9.67. The van der Waals surface area contributed by atoms with Crippen molar-refractivity contribution in [2.24, 2.45) is 17.8 Å². The van der Waals surface area contributed by atoms with Crippen molar-refractivity contribution in [3.8, 4) is 0 Å². The van der Waals surface area contributed by atoms with Crippen molar-refractivity contribution in [2.45, 2.75) is 63.8 Å². The number of benzene rings is 1. The van der Waals surface area contributed by atoms with Crippen LogP contribution in [0.1, 0.15) is 63.8 Å². The lowest BCUT2D eigenvalue weighted by molar-refractivity contribution is 0.0892. The molecule has 0 bridgehead atoms. The maximum absolute atomic E-state index is 12.4. The summed E-state index contributed by atoms with van der Waals surface area (Å²) in [6.45, 7) is 3.50. The van der Waals surface area contributed by atoms with Gasteiger partial charge in [0.1, 0.15) is 0 Å². The van der Waals surface area contributed by atoms with E-state index < -0.39 is 0 Å². The van der Waals surface area contributed by atoms with Gasteiger partial charge >= 0.3 is 5.76 Å². The Kier molecular flexibility index (Phi) is 4.85. The maximum atomic E-state index is 12.4. The van der Waals surface area contributed by atoms with E-state index in [0.717, 1.165) is 49.2 Å². The molecule has 1 saturated heterocycles. The molecular formula is C23H32N2O2. The second-order valence-electron chi connectivity index (χ2n) is 9.22. The Balaban J connectivity index is 1.19. The number of fused-ring (bicyclic) bond motifs is 2. The number of likely N-dealkylation sites (tertiary alicyclic amines) is 1. The first-order valence-electron chi connectivity index (χ1n) is 11.1. The van der Waals surface area contributed by atoms with Crippen LogP contribution in [0.3, 0.4) is 0 Å². The van der Waals surface area contributed by atoms with E-state index in [9.17, 15) is 4.79 Å². The van der Waals surface area contributed by atoms with Crippen LogP contribution in [0.25, 0.3) is 11.1 Å². The van der Waals surface area contributed by atoms with Gasteiger partial charge in [-0.05, 0) is 62.0 Å². The molecule has 4 nitrogen and oxygen atoms in total. The highest BCUT2D eigenvalue weighted by molar-refractivity contribution is 5.72. The molecule has 0 amide bonds. The summed E-state index contributed by atoms with van der Waals surface area (Å²) in [7, 11) is 0. The van der Waals surface area contributed by atoms with Gasteiger partial charge in [-0.15, -0.1) is 0 Å². The van der Waals surface area contributed by atoms with Crippen LogP contribution in [0.2, 0.25) is 0 Å². The molecule has 1 aromatic heterocycles. The quantitative estimate of drug-likeness (QED) is 0.778. The van der Waals surface area contributed by atoms with Crippen molar-refractivity contribution >= 4 is 11.1 Å². The van der Waals surface area contributed by atoms with E-state index in [4.69, 9.17) is 4.42 Å². The van der Waals surface area contributed by atoms with Gasteiger partial charge in [0.05, 0.1) is 5.52 Å². The maximum Gasteiger partial charge on any atom is 0.420 e. The van der Waals surface area contributed by atoms with Crippen LogP contribution in [0, 0.1) is 17.8 Å². The molecule has 146 valence electrons. The zero-order chi connectivity index (χ0) is 18.2. The minimum Gasteiger partial charge on any atom is -0.408 e. The van der Waals surface area contributed by atoms with Gasteiger partial charge in [0.2, 0.25) is 0 Å². The van der Waals surface area contributed by atoms with Crippen molar-refractivity contribution in [1.29, 1.82) is 0 Å². The molecule has 3 atom stereocenters. The Morgan fingerprint density at radius 1 is 0.926 bits per heavy atom. The fraction of sp³-hybridized carbons (Fsp3) is 0.696. The first kappa shape index (κ1) is 17.5. The van der Waals surface area contributed by atoms with E-state index in [1.54, 1.807) is 0 Å². The van der Waals surface area contributed by atoms with Crippen molar-refractivity contribution < 1.29 is 4.42 Å². The first-order valence-corrected chi connectivity index (χ1v) is 11.1. The molecular weight excluding hydrogens is 336 g/mol. The fourth-order valence-electron chi connectivity index (χ4n) is 6.19. The van der Waals surface area contributed by atoms with Gasteiger partial charge < -0.3 is 9.32 Å². The average molecular weight is 369 g/mol. The van der Waals surface area contributed by atoms with Gasteiger partial charge in [0, 0.05) is 25.7 Å². The molecule has 2 aliphatic carbocycles. The van der Waals surface area contributed by atoms with Crippen LogP contribution in [-0.2, 0) is 0 Å². The number of piperidine rings is 1. The van der Waals surface area contributed by atoms with E-state index in [1.165, 1.54) is 51.5 Å². The molecule has 5 rings (SSSR count). The molecule has 27 heavy (non-hydrogen) atoms. The Hall–Kier alpha value is -1.55. The zero-order valence-electron chi connectivity index (χ0n) is 16.3. The predicted octanol–water partition coefficient (Wildman–Crippen LogP) is 4.84. The zero-order valence-corrected chi connectivity index (χ0v) is 16.3. The second kappa shape index (κ2) is 7.46. The monoisotopic (exact) mass is 368 g/mol. The molecule has 0 radical (unpaired) electrons. The van der Waals surface area contributed by atoms with Crippen molar-refractivity contribution in [3.63, 3.8) is 0 Å². The molecule has 2 aromatic rings. The predicted molar refractivity (Wildman–Crippen MR) is 108 cm³/mol. The molecule has 2 heterocycles. The number of aromatic nitrogens is 1. The summed E-state index contributed by atoms with van der Waals surface area (Å²) in [6, 6.07) is 8.11. The number of hydrogen-bond acceptors (Lipinski definition) is 3. The van der Waals surface area contributed by atoms with Crippen LogP contribution in [0.4, 0.5) is 0 Å². The van der Waals surface area contributed by atoms with Crippen molar-refractivity contribution in [3.05, 3.63) is 34.8 Å². The Bertz CT molecular complexity index is 830. The molecule has 1 aromatic carbocycles. The molecule has 1 aliphatic heterocycles. The van der Waals surface area contributed by atoms with Gasteiger partial charge in [-0.2, -0.15) is 0 Å². The molecule has 0 spiro atoms. The SMILES string of the molecule is O=c1oc2ccccc2n1C1CCN(CC2CCC3CCCCC3C2)CC1. The van der Waals surface area contributed by atoms with Crippen LogP contribution < -0.4 is 5.76 Å². The topological polar surface area (TPSA) is 38.4 Å². The number of rotatable bonds is 3. The van der Waals surface area contributed by atoms with Crippen LogP contribution in [-0.4, -0.2) is 29.1 Å². The van der Waals surface area contributed by atoms with E-state index in [0.29, 0.717) is 5.58 Å². The molecule has 3 aliphatic rings. The first-order chi connectivity index (χ1) is 13.3. The third-order valence-corrected chi connectivity index (χ3v) is 7.61. The summed E-state index contributed by atoms with van der Waals surface area (Å²) in [6.07, 6.45) is 12.4. The summed E-state index contributed by atoms with van der Waals surface area (Å²) >= 11 is 0. The molecule has 3 fully saturated rings. The number of hydrogen-bond donors (Lipinski definition) is 0. The highest BCUT2D eigenvalue weighted by Gasteiger charge is 2.33. The smallest absolute Gasteiger partial charge is 0.408 e. The van der Waals surface area contributed by atoms with E-state index in [-0.39, 0.29) is 11.8 Å². The minimum atomic E-state index is -0.190. The van der Waals surface area contributed by atoms with E-state index >= 15 is 0 Å². The third-order valence-electron chi connectivity index (χ3n) is 7.61. The van der Waals surface area contributed by atoms with Crippen molar-refractivity contribution in [1.82, 2.24) is 9.47 Å². The van der Waals surface area contributed by atoms with Gasteiger partial charge in [0.25, 0.3) is 0 Å². The molecule has 2 saturated carbocycles. The second-order valence-corrected chi connectivity index (χ2v) is 9.22. The summed E-state index contributed by atoms with van der Waals surface area (Å²) in [5.41, 5.74) is 1.67. The lowest BCUT2D eigenvalue weighted by Crippen LogP contribution is -2.41. The summed E-state index contributed by atoms with van der Waals surface area (Å²) in [4.78, 5) is 15.0. The largest absolute Gasteiger partial charge is 0.420 e. The Morgan fingerprint density at radius 3 is 2.56 bits per heavy atom. The Morgan fingerprint density at radius 2 is 1.70 bits per heavy atom. The summed E-state index contributed by atoms with van der Waals surface area (Å²) in [5, 5.41) is 0. The molecule has 0 N–H and O–H groups in total. The molecule has 4 heteroatoms. The van der Waals surface area contributed by atoms with Gasteiger partial charge in [0.15, 0.2) is 5.58 Å². The van der Waals surface area contributed by atoms with Crippen LogP contribution in [0.15, 0.2) is 33.5 Å². The number of para-hydroxylation sites is 2. The fourth-order valence-corrected chi connectivity index (χ4v) is 6.19. The number of oxazole rings is 1. The van der Waals surface area contributed by atoms with Gasteiger partial charge in [-0.25, -0.2) is 4.79 Å². The van der Waals surface area contributed by atoms with Gasteiger partial charge in [-0.3, -0.25) is 4.57 Å². The molecule has 3 unspecified atom stereocenters. The highest BCUT2D eigenvalue weighted by Crippen LogP contribution is 2.43. The highest BCUT2D eigenvalue weighted by atomic mass is 16.4. The van der Waals surface area contributed by atoms with Crippen LogP contribution >= 0.6 is 0 Å². The van der Waals surface area contributed by atoms with Crippen molar-refractivity contribution in [2.75, 3.05) is 19.6 Å². The van der Waals surface area contributed by atoms with E-state index in [1.807, 2.05) is 28.8 Å². The lowest BCUT2D eigenvalue weighted by Gasteiger charge is -2.42. The summed E-state index contributed by atoms with van der Waals surface area (Å²) in [5.74, 6) is 2.77. The van der Waals surface area contributed by atoms with E-state index in [2.05, 4.69) is 4.90 Å². The normalized spacial score (nSPS) is 30.4. The Labute approximate surface area is 161 Å². The van der Waals surface area contributed by atoms with Gasteiger partial charge in [-0.1, -0.05) is 37.8 Å². The third kappa shape index (κ3) is 3.49. The average Bonchev–Trinajstić information content (AvgIpc) is 3.04. The summed E-state index contributed by atoms with van der Waals surface area (Å²) < 4.78 is 7.35.